The Morgan fingerprint density at radius 1 is 1.33 bits per heavy atom. The number of carbonyl (C=O) groups is 1. The van der Waals surface area contributed by atoms with Gasteiger partial charge < -0.3 is 10.4 Å². The molecule has 0 aliphatic rings. The first-order valence-electron chi connectivity index (χ1n) is 7.57. The number of benzene rings is 1. The van der Waals surface area contributed by atoms with Crippen LogP contribution >= 0.6 is 11.8 Å². The van der Waals surface area contributed by atoms with Crippen LogP contribution in [0, 0.1) is 13.8 Å². The number of aliphatic carboxylic acids is 1. The fourth-order valence-electron chi connectivity index (χ4n) is 2.09. The first kappa shape index (κ1) is 18.1. The van der Waals surface area contributed by atoms with E-state index >= 15 is 0 Å². The lowest BCUT2D eigenvalue weighted by atomic mass is 9.96. The van der Waals surface area contributed by atoms with Crippen molar-refractivity contribution >= 4 is 17.7 Å². The van der Waals surface area contributed by atoms with Gasteiger partial charge in [0.05, 0.1) is 0 Å². The summed E-state index contributed by atoms with van der Waals surface area (Å²) in [6.07, 6.45) is 2.48. The van der Waals surface area contributed by atoms with Gasteiger partial charge in [0.25, 0.3) is 0 Å². The molecule has 3 nitrogen and oxygen atoms in total. The molecule has 1 rings (SSSR count). The van der Waals surface area contributed by atoms with E-state index in [1.165, 1.54) is 16.0 Å². The summed E-state index contributed by atoms with van der Waals surface area (Å²) in [6.45, 7) is 8.81. The van der Waals surface area contributed by atoms with Crippen molar-refractivity contribution < 1.29 is 9.90 Å². The Hall–Kier alpha value is -1.00. The summed E-state index contributed by atoms with van der Waals surface area (Å²) in [6, 6.07) is 6.48. The van der Waals surface area contributed by atoms with Gasteiger partial charge in [0, 0.05) is 4.90 Å². The van der Waals surface area contributed by atoms with E-state index in [0.717, 1.165) is 25.1 Å². The van der Waals surface area contributed by atoms with Crippen LogP contribution < -0.4 is 5.32 Å². The minimum atomic E-state index is -0.806. The summed E-state index contributed by atoms with van der Waals surface area (Å²) in [7, 11) is 0. The molecule has 0 radical (unpaired) electrons. The summed E-state index contributed by atoms with van der Waals surface area (Å²) in [5.74, 6) is 0.186. The summed E-state index contributed by atoms with van der Waals surface area (Å²) in [4.78, 5) is 12.7. The van der Waals surface area contributed by atoms with E-state index in [1.54, 1.807) is 18.7 Å². The fourth-order valence-corrected chi connectivity index (χ4v) is 3.04. The zero-order valence-electron chi connectivity index (χ0n) is 13.5. The first-order valence-corrected chi connectivity index (χ1v) is 8.56. The molecule has 0 spiro atoms. The van der Waals surface area contributed by atoms with Crippen LogP contribution in [0.1, 0.15) is 44.2 Å². The summed E-state index contributed by atoms with van der Waals surface area (Å²) in [5, 5.41) is 12.5. The second-order valence-electron chi connectivity index (χ2n) is 5.76. The molecule has 1 atom stereocenters. The lowest BCUT2D eigenvalue weighted by Gasteiger charge is -2.26. The van der Waals surface area contributed by atoms with Crippen LogP contribution in [0.4, 0.5) is 0 Å². The van der Waals surface area contributed by atoms with Gasteiger partial charge in [-0.25, -0.2) is 0 Å². The molecule has 118 valence electrons. The number of rotatable bonds is 9. The Labute approximate surface area is 132 Å². The van der Waals surface area contributed by atoms with Gasteiger partial charge in [-0.2, -0.15) is 0 Å². The highest BCUT2D eigenvalue weighted by Gasteiger charge is 2.31. The molecule has 1 aromatic rings. The van der Waals surface area contributed by atoms with Gasteiger partial charge in [0.1, 0.15) is 5.54 Å². The van der Waals surface area contributed by atoms with Crippen molar-refractivity contribution in [2.45, 2.75) is 57.4 Å². The molecule has 0 saturated heterocycles. The van der Waals surface area contributed by atoms with Crippen molar-refractivity contribution in [1.29, 1.82) is 0 Å². The van der Waals surface area contributed by atoms with Crippen molar-refractivity contribution in [3.63, 3.8) is 0 Å². The molecule has 0 amide bonds. The Bertz CT molecular complexity index is 476. The third-order valence-electron chi connectivity index (χ3n) is 3.81. The maximum absolute atomic E-state index is 11.4. The van der Waals surface area contributed by atoms with Gasteiger partial charge in [0.2, 0.25) is 0 Å². The monoisotopic (exact) mass is 309 g/mol. The van der Waals surface area contributed by atoms with Crippen LogP contribution in [0.15, 0.2) is 23.1 Å². The van der Waals surface area contributed by atoms with Crippen molar-refractivity contribution in [1.82, 2.24) is 5.32 Å². The molecule has 0 saturated carbocycles. The predicted molar refractivity (Wildman–Crippen MR) is 90.2 cm³/mol. The van der Waals surface area contributed by atoms with Gasteiger partial charge in [-0.3, -0.25) is 4.79 Å². The van der Waals surface area contributed by atoms with E-state index in [4.69, 9.17) is 0 Å². The van der Waals surface area contributed by atoms with Gasteiger partial charge in [0.15, 0.2) is 0 Å². The number of hydrogen-bond donors (Lipinski definition) is 2. The van der Waals surface area contributed by atoms with Gasteiger partial charge in [-0.05, 0) is 75.6 Å². The second kappa shape index (κ2) is 8.44. The minimum Gasteiger partial charge on any atom is -0.480 e. The maximum atomic E-state index is 11.4. The van der Waals surface area contributed by atoms with Crippen molar-refractivity contribution in [3.05, 3.63) is 29.3 Å². The van der Waals surface area contributed by atoms with Crippen LogP contribution in [-0.2, 0) is 4.79 Å². The average molecular weight is 309 g/mol. The van der Waals surface area contributed by atoms with Crippen molar-refractivity contribution in [2.24, 2.45) is 0 Å². The number of thioether (sulfide) groups is 1. The van der Waals surface area contributed by atoms with E-state index in [-0.39, 0.29) is 0 Å². The Kier molecular flexibility index (Phi) is 7.26. The van der Waals surface area contributed by atoms with E-state index in [0.29, 0.717) is 6.42 Å². The predicted octanol–water partition coefficient (Wildman–Crippen LogP) is 4.02. The standard InChI is InChI=1S/C17H27NO2S/c1-5-10-18-17(4,16(19)20)9-6-11-21-15-8-7-13(2)14(3)12-15/h7-8,12,18H,5-6,9-11H2,1-4H3,(H,19,20). The van der Waals surface area contributed by atoms with E-state index < -0.39 is 11.5 Å². The molecule has 0 heterocycles. The molecule has 1 aromatic carbocycles. The van der Waals surface area contributed by atoms with Crippen molar-refractivity contribution in [3.8, 4) is 0 Å². The Morgan fingerprint density at radius 2 is 2.05 bits per heavy atom. The zero-order chi connectivity index (χ0) is 15.9. The van der Waals surface area contributed by atoms with Crippen LogP contribution in [0.3, 0.4) is 0 Å². The van der Waals surface area contributed by atoms with Gasteiger partial charge >= 0.3 is 5.97 Å². The fraction of sp³-hybridized carbons (Fsp3) is 0.588. The molecular weight excluding hydrogens is 282 g/mol. The Balaban J connectivity index is 2.43. The maximum Gasteiger partial charge on any atom is 0.323 e. The molecule has 0 bridgehead atoms. The molecule has 1 unspecified atom stereocenters. The summed E-state index contributed by atoms with van der Waals surface area (Å²) in [5.41, 5.74) is 1.81. The molecule has 21 heavy (non-hydrogen) atoms. The first-order chi connectivity index (χ1) is 9.89. The topological polar surface area (TPSA) is 49.3 Å². The number of aryl methyl sites for hydroxylation is 2. The molecule has 2 N–H and O–H groups in total. The average Bonchev–Trinajstić information content (AvgIpc) is 2.45. The highest BCUT2D eigenvalue weighted by molar-refractivity contribution is 7.99. The van der Waals surface area contributed by atoms with Crippen molar-refractivity contribution in [2.75, 3.05) is 12.3 Å². The summed E-state index contributed by atoms with van der Waals surface area (Å²) >= 11 is 1.80. The molecule has 0 aliphatic heterocycles. The van der Waals surface area contributed by atoms with Gasteiger partial charge in [-0.15, -0.1) is 11.8 Å². The largest absolute Gasteiger partial charge is 0.480 e. The van der Waals surface area contributed by atoms with E-state index in [9.17, 15) is 9.90 Å². The van der Waals surface area contributed by atoms with Gasteiger partial charge in [-0.1, -0.05) is 13.0 Å². The molecule has 0 aliphatic carbocycles. The van der Waals surface area contributed by atoms with Crippen LogP contribution in [0.25, 0.3) is 0 Å². The minimum absolute atomic E-state index is 0.653. The molecule has 0 aromatic heterocycles. The second-order valence-corrected chi connectivity index (χ2v) is 6.93. The van der Waals surface area contributed by atoms with Crippen LogP contribution in [0.2, 0.25) is 0 Å². The number of carboxylic acid groups (broad SMARTS) is 1. The van der Waals surface area contributed by atoms with Crippen LogP contribution in [0.5, 0.6) is 0 Å². The lowest BCUT2D eigenvalue weighted by Crippen LogP contribution is -2.49. The third kappa shape index (κ3) is 5.71. The lowest BCUT2D eigenvalue weighted by molar-refractivity contribution is -0.144. The normalized spacial score (nSPS) is 13.9. The Morgan fingerprint density at radius 3 is 2.62 bits per heavy atom. The summed E-state index contributed by atoms with van der Waals surface area (Å²) < 4.78 is 0. The highest BCUT2D eigenvalue weighted by atomic mass is 32.2. The van der Waals surface area contributed by atoms with E-state index in [1.807, 2.05) is 6.92 Å². The highest BCUT2D eigenvalue weighted by Crippen LogP contribution is 2.23. The van der Waals surface area contributed by atoms with Crippen LogP contribution in [-0.4, -0.2) is 28.9 Å². The molecule has 4 heteroatoms. The number of hydrogen-bond acceptors (Lipinski definition) is 3. The van der Waals surface area contributed by atoms with E-state index in [2.05, 4.69) is 37.4 Å². The molecular formula is C17H27NO2S. The number of nitrogens with one attached hydrogen (secondary N) is 1. The quantitative estimate of drug-likeness (QED) is 0.534. The third-order valence-corrected chi connectivity index (χ3v) is 4.89. The number of carboxylic acids is 1. The zero-order valence-corrected chi connectivity index (χ0v) is 14.3. The molecule has 0 fully saturated rings. The SMILES string of the molecule is CCCNC(C)(CCCSc1ccc(C)c(C)c1)C(=O)O. The smallest absolute Gasteiger partial charge is 0.323 e.